The number of carbonyl (C=O) groups excluding carboxylic acids is 2. The highest BCUT2D eigenvalue weighted by molar-refractivity contribution is 6.12. The molecule has 0 aromatic heterocycles. The van der Waals surface area contributed by atoms with Crippen molar-refractivity contribution in [1.29, 1.82) is 0 Å². The molecule has 2 amide bonds. The number of hydrogen-bond acceptors (Lipinski definition) is 2. The molecule has 0 aliphatic carbocycles. The van der Waals surface area contributed by atoms with Crippen LogP contribution in [0.1, 0.15) is 22.3 Å². The maximum Gasteiger partial charge on any atom is 0.248 e. The van der Waals surface area contributed by atoms with Gasteiger partial charge in [-0.2, -0.15) is 0 Å². The number of anilines is 2. The number of rotatable bonds is 6. The van der Waals surface area contributed by atoms with Crippen molar-refractivity contribution in [3.8, 4) is 0 Å². The van der Waals surface area contributed by atoms with Gasteiger partial charge in [0.2, 0.25) is 11.8 Å². The van der Waals surface area contributed by atoms with Crippen LogP contribution >= 0.6 is 0 Å². The number of aryl methyl sites for hydroxylation is 2. The van der Waals surface area contributed by atoms with Gasteiger partial charge in [0.1, 0.15) is 0 Å². The van der Waals surface area contributed by atoms with Crippen LogP contribution in [0.5, 0.6) is 0 Å². The van der Waals surface area contributed by atoms with Crippen molar-refractivity contribution >= 4 is 46.1 Å². The molecule has 4 heteroatoms. The third-order valence-corrected chi connectivity index (χ3v) is 5.45. The van der Waals surface area contributed by atoms with Gasteiger partial charge in [-0.05, 0) is 49.3 Å². The van der Waals surface area contributed by atoms with E-state index in [9.17, 15) is 9.59 Å². The highest BCUT2D eigenvalue weighted by Crippen LogP contribution is 2.29. The van der Waals surface area contributed by atoms with E-state index in [1.54, 1.807) is 12.2 Å². The fourth-order valence-electron chi connectivity index (χ4n) is 3.58. The number of hydrogen-bond donors (Lipinski definition) is 2. The quantitative estimate of drug-likeness (QED) is 0.322. The van der Waals surface area contributed by atoms with Gasteiger partial charge in [0.15, 0.2) is 0 Å². The Kier molecular flexibility index (Phi) is 6.99. The standard InChI is InChI=1S/C30H26N2O2/c1-21-9-13-23(14-10-21)17-19-29(33)31-27-7-3-6-26-25(27)5-4-8-28(26)32-30(34)20-18-24-15-11-22(2)12-16-24/h3-20H,1-2H3,(H,31,33)(H,32,34)/b19-17+,20-18+. The molecular weight excluding hydrogens is 420 g/mol. The molecule has 0 heterocycles. The largest absolute Gasteiger partial charge is 0.322 e. The van der Waals surface area contributed by atoms with Gasteiger partial charge in [-0.3, -0.25) is 9.59 Å². The maximum absolute atomic E-state index is 12.5. The molecule has 0 aliphatic heterocycles. The second-order valence-corrected chi connectivity index (χ2v) is 8.17. The molecule has 0 bridgehead atoms. The average molecular weight is 447 g/mol. The van der Waals surface area contributed by atoms with E-state index in [2.05, 4.69) is 10.6 Å². The molecule has 34 heavy (non-hydrogen) atoms. The Morgan fingerprint density at radius 2 is 0.941 bits per heavy atom. The number of amides is 2. The van der Waals surface area contributed by atoms with E-state index < -0.39 is 0 Å². The third kappa shape index (κ3) is 5.87. The molecule has 4 nitrogen and oxygen atoms in total. The van der Waals surface area contributed by atoms with Crippen molar-refractivity contribution in [3.63, 3.8) is 0 Å². The van der Waals surface area contributed by atoms with Crippen LogP contribution in [0.2, 0.25) is 0 Å². The van der Waals surface area contributed by atoms with Crippen LogP contribution in [-0.2, 0) is 9.59 Å². The average Bonchev–Trinajstić information content (AvgIpc) is 2.84. The number of fused-ring (bicyclic) bond motifs is 1. The number of nitrogens with one attached hydrogen (secondary N) is 2. The van der Waals surface area contributed by atoms with Crippen molar-refractivity contribution in [2.24, 2.45) is 0 Å². The summed E-state index contributed by atoms with van der Waals surface area (Å²) in [6, 6.07) is 27.2. The predicted molar refractivity (Wildman–Crippen MR) is 142 cm³/mol. The monoisotopic (exact) mass is 446 g/mol. The van der Waals surface area contributed by atoms with Gasteiger partial charge in [0.05, 0.1) is 0 Å². The summed E-state index contributed by atoms with van der Waals surface area (Å²) < 4.78 is 0. The lowest BCUT2D eigenvalue weighted by atomic mass is 10.1. The van der Waals surface area contributed by atoms with Gasteiger partial charge < -0.3 is 10.6 Å². The Bertz CT molecular complexity index is 1270. The van der Waals surface area contributed by atoms with Crippen molar-refractivity contribution in [1.82, 2.24) is 0 Å². The SMILES string of the molecule is Cc1ccc(/C=C/C(=O)Nc2cccc3c(NC(=O)/C=C/c4ccc(C)cc4)cccc23)cc1. The van der Waals surface area contributed by atoms with Crippen molar-refractivity contribution < 1.29 is 9.59 Å². The minimum atomic E-state index is -0.219. The van der Waals surface area contributed by atoms with Crippen LogP contribution in [0.25, 0.3) is 22.9 Å². The molecule has 4 aromatic carbocycles. The summed E-state index contributed by atoms with van der Waals surface area (Å²) in [5.41, 5.74) is 5.63. The molecule has 2 N–H and O–H groups in total. The van der Waals surface area contributed by atoms with Gasteiger partial charge in [-0.15, -0.1) is 0 Å². The van der Waals surface area contributed by atoms with Crippen molar-refractivity contribution in [3.05, 3.63) is 119 Å². The number of carbonyl (C=O) groups is 2. The molecule has 0 saturated heterocycles. The van der Waals surface area contributed by atoms with E-state index in [-0.39, 0.29) is 11.8 Å². The topological polar surface area (TPSA) is 58.2 Å². The van der Waals surface area contributed by atoms with E-state index in [0.717, 1.165) is 21.9 Å². The van der Waals surface area contributed by atoms with E-state index in [1.165, 1.54) is 23.3 Å². The summed E-state index contributed by atoms with van der Waals surface area (Å²) in [5.74, 6) is -0.438. The molecule has 0 saturated carbocycles. The first kappa shape index (κ1) is 22.7. The summed E-state index contributed by atoms with van der Waals surface area (Å²) in [4.78, 5) is 25.0. The fourth-order valence-corrected chi connectivity index (χ4v) is 3.58. The maximum atomic E-state index is 12.5. The van der Waals surface area contributed by atoms with Crippen molar-refractivity contribution in [2.75, 3.05) is 10.6 Å². The molecule has 0 aliphatic rings. The lowest BCUT2D eigenvalue weighted by molar-refractivity contribution is -0.112. The molecular formula is C30H26N2O2. The van der Waals surface area contributed by atoms with Crippen LogP contribution in [0.3, 0.4) is 0 Å². The zero-order valence-corrected chi connectivity index (χ0v) is 19.2. The molecule has 0 radical (unpaired) electrons. The Labute approximate surface area is 199 Å². The van der Waals surface area contributed by atoms with Crippen LogP contribution in [-0.4, -0.2) is 11.8 Å². The minimum Gasteiger partial charge on any atom is -0.322 e. The highest BCUT2D eigenvalue weighted by atomic mass is 16.2. The first-order valence-corrected chi connectivity index (χ1v) is 11.1. The lowest BCUT2D eigenvalue weighted by Gasteiger charge is -2.11. The summed E-state index contributed by atoms with van der Waals surface area (Å²) >= 11 is 0. The summed E-state index contributed by atoms with van der Waals surface area (Å²) in [6.07, 6.45) is 6.61. The zero-order valence-electron chi connectivity index (χ0n) is 19.2. The first-order valence-electron chi connectivity index (χ1n) is 11.1. The molecule has 0 fully saturated rings. The van der Waals surface area contributed by atoms with Gasteiger partial charge >= 0.3 is 0 Å². The van der Waals surface area contributed by atoms with E-state index in [0.29, 0.717) is 11.4 Å². The highest BCUT2D eigenvalue weighted by Gasteiger charge is 2.08. The molecule has 168 valence electrons. The van der Waals surface area contributed by atoms with E-state index in [1.807, 2.05) is 98.8 Å². The Hall–Kier alpha value is -4.44. The minimum absolute atomic E-state index is 0.219. The van der Waals surface area contributed by atoms with Gasteiger partial charge in [0.25, 0.3) is 0 Å². The predicted octanol–water partition coefficient (Wildman–Crippen LogP) is 6.76. The van der Waals surface area contributed by atoms with E-state index in [4.69, 9.17) is 0 Å². The van der Waals surface area contributed by atoms with Crippen LogP contribution in [0.4, 0.5) is 11.4 Å². The Morgan fingerprint density at radius 3 is 1.32 bits per heavy atom. The Balaban J connectivity index is 1.49. The lowest BCUT2D eigenvalue weighted by Crippen LogP contribution is -2.10. The van der Waals surface area contributed by atoms with Crippen LogP contribution in [0, 0.1) is 13.8 Å². The summed E-state index contributed by atoms with van der Waals surface area (Å²) in [6.45, 7) is 4.05. The fraction of sp³-hybridized carbons (Fsp3) is 0.0667. The zero-order chi connectivity index (χ0) is 23.9. The summed E-state index contributed by atoms with van der Waals surface area (Å²) in [7, 11) is 0. The molecule has 0 unspecified atom stereocenters. The van der Waals surface area contributed by atoms with E-state index >= 15 is 0 Å². The molecule has 0 atom stereocenters. The third-order valence-electron chi connectivity index (χ3n) is 5.45. The second kappa shape index (κ2) is 10.5. The van der Waals surface area contributed by atoms with Crippen LogP contribution in [0.15, 0.2) is 97.1 Å². The number of benzene rings is 4. The van der Waals surface area contributed by atoms with Crippen LogP contribution < -0.4 is 10.6 Å². The Morgan fingerprint density at radius 1 is 0.559 bits per heavy atom. The smallest absolute Gasteiger partial charge is 0.248 e. The summed E-state index contributed by atoms with van der Waals surface area (Å²) in [5, 5.41) is 7.59. The van der Waals surface area contributed by atoms with Crippen molar-refractivity contribution in [2.45, 2.75) is 13.8 Å². The van der Waals surface area contributed by atoms with Gasteiger partial charge in [-0.25, -0.2) is 0 Å². The normalized spacial score (nSPS) is 11.2. The molecule has 4 aromatic rings. The molecule has 4 rings (SSSR count). The van der Waals surface area contributed by atoms with Gasteiger partial charge in [-0.1, -0.05) is 83.9 Å². The second-order valence-electron chi connectivity index (χ2n) is 8.17. The molecule has 0 spiro atoms. The van der Waals surface area contributed by atoms with Gasteiger partial charge in [0, 0.05) is 34.3 Å². The first-order chi connectivity index (χ1) is 16.5.